The molecule has 0 spiro atoms. The SMILES string of the molecule is CCCCOc1ccnc(Nc2ccc(-c3nc4c(c(N5CCOC[C@@H]5C)n3)CCN(c3cc(C)ncn3)C4)cn2)n1. The maximum Gasteiger partial charge on any atom is 0.231 e. The third-order valence-corrected chi connectivity index (χ3v) is 7.44. The fraction of sp³-hybridized carbons (Fsp3) is 0.433. The van der Waals surface area contributed by atoms with Gasteiger partial charge in [0.05, 0.1) is 38.1 Å². The highest BCUT2D eigenvalue weighted by Crippen LogP contribution is 2.32. The zero-order valence-corrected chi connectivity index (χ0v) is 24.3. The van der Waals surface area contributed by atoms with Crippen molar-refractivity contribution in [1.82, 2.24) is 34.9 Å². The van der Waals surface area contributed by atoms with Gasteiger partial charge < -0.3 is 24.6 Å². The second-order valence-corrected chi connectivity index (χ2v) is 10.6. The van der Waals surface area contributed by atoms with Crippen molar-refractivity contribution in [2.24, 2.45) is 0 Å². The summed E-state index contributed by atoms with van der Waals surface area (Å²) >= 11 is 0. The summed E-state index contributed by atoms with van der Waals surface area (Å²) in [4.78, 5) is 36.9. The Labute approximate surface area is 245 Å². The lowest BCUT2D eigenvalue weighted by Gasteiger charge is -2.38. The standard InChI is InChI=1S/C30H36N10O2/c1-4-5-13-42-27-8-10-31-30(37-27)36-25-7-6-22(16-32-25)28-35-24-17-39(26-15-20(2)33-19-34-26)11-9-23(24)29(38-28)40-12-14-41-18-21(40)3/h6-8,10,15-16,19,21H,4-5,9,11-14,17-18H2,1-3H3,(H,31,32,36,37)/t21-/m0/s1. The molecule has 1 saturated heterocycles. The maximum atomic E-state index is 5.73. The van der Waals surface area contributed by atoms with E-state index in [9.17, 15) is 0 Å². The molecule has 4 aromatic heterocycles. The molecule has 1 N–H and O–H groups in total. The Bertz CT molecular complexity index is 1520. The van der Waals surface area contributed by atoms with Gasteiger partial charge in [-0.05, 0) is 38.8 Å². The van der Waals surface area contributed by atoms with Crippen molar-refractivity contribution in [2.75, 3.05) is 48.0 Å². The van der Waals surface area contributed by atoms with Crippen LogP contribution in [0.15, 0.2) is 43.0 Å². The number of aromatic nitrogens is 7. The van der Waals surface area contributed by atoms with Crippen LogP contribution in [0.25, 0.3) is 11.4 Å². The Morgan fingerprint density at radius 1 is 1.07 bits per heavy atom. The first-order valence-electron chi connectivity index (χ1n) is 14.5. The highest BCUT2D eigenvalue weighted by Gasteiger charge is 2.29. The van der Waals surface area contributed by atoms with Crippen LogP contribution in [0.2, 0.25) is 0 Å². The minimum Gasteiger partial charge on any atom is -0.478 e. The van der Waals surface area contributed by atoms with Gasteiger partial charge in [-0.25, -0.2) is 29.9 Å². The molecule has 4 aromatic rings. The number of hydrogen-bond acceptors (Lipinski definition) is 12. The molecule has 6 heterocycles. The van der Waals surface area contributed by atoms with E-state index in [1.54, 1.807) is 24.8 Å². The number of pyridine rings is 1. The predicted molar refractivity (Wildman–Crippen MR) is 160 cm³/mol. The Kier molecular flexibility index (Phi) is 8.31. The lowest BCUT2D eigenvalue weighted by atomic mass is 10.0. The van der Waals surface area contributed by atoms with Gasteiger partial charge in [0.25, 0.3) is 0 Å². The second-order valence-electron chi connectivity index (χ2n) is 10.6. The predicted octanol–water partition coefficient (Wildman–Crippen LogP) is 4.14. The number of nitrogens with zero attached hydrogens (tertiary/aromatic N) is 9. The Balaban J connectivity index is 1.27. The zero-order chi connectivity index (χ0) is 28.9. The summed E-state index contributed by atoms with van der Waals surface area (Å²) in [5, 5.41) is 3.17. The molecule has 2 aliphatic heterocycles. The van der Waals surface area contributed by atoms with E-state index in [4.69, 9.17) is 19.4 Å². The van der Waals surface area contributed by atoms with Crippen molar-refractivity contribution in [3.05, 3.63) is 59.9 Å². The molecule has 6 rings (SSSR count). The third-order valence-electron chi connectivity index (χ3n) is 7.44. The van der Waals surface area contributed by atoms with Gasteiger partial charge in [0.2, 0.25) is 11.8 Å². The average molecular weight is 569 g/mol. The Hall–Kier alpha value is -4.45. The number of morpholine rings is 1. The lowest BCUT2D eigenvalue weighted by molar-refractivity contribution is 0.0984. The van der Waals surface area contributed by atoms with Gasteiger partial charge in [-0.3, -0.25) is 0 Å². The molecule has 0 unspecified atom stereocenters. The number of rotatable bonds is 9. The van der Waals surface area contributed by atoms with Crippen LogP contribution in [0.3, 0.4) is 0 Å². The van der Waals surface area contributed by atoms with Crippen LogP contribution < -0.4 is 19.9 Å². The molecule has 2 aliphatic rings. The number of anilines is 4. The Morgan fingerprint density at radius 2 is 2.00 bits per heavy atom. The van der Waals surface area contributed by atoms with Crippen LogP contribution in [-0.2, 0) is 17.7 Å². The highest BCUT2D eigenvalue weighted by molar-refractivity contribution is 5.63. The smallest absolute Gasteiger partial charge is 0.231 e. The normalized spacial score (nSPS) is 16.7. The van der Waals surface area contributed by atoms with Gasteiger partial charge in [0, 0.05) is 54.4 Å². The van der Waals surface area contributed by atoms with E-state index in [1.165, 1.54) is 5.56 Å². The molecular weight excluding hydrogens is 532 g/mol. The first-order valence-corrected chi connectivity index (χ1v) is 14.5. The molecule has 0 aliphatic carbocycles. The molecule has 0 radical (unpaired) electrons. The van der Waals surface area contributed by atoms with E-state index in [1.807, 2.05) is 25.1 Å². The van der Waals surface area contributed by atoms with Crippen LogP contribution in [0.1, 0.15) is 43.6 Å². The summed E-state index contributed by atoms with van der Waals surface area (Å²) in [5.41, 5.74) is 3.97. The zero-order valence-electron chi connectivity index (χ0n) is 24.3. The number of unbranched alkanes of at least 4 members (excludes halogenated alkanes) is 1. The minimum atomic E-state index is 0.222. The van der Waals surface area contributed by atoms with Crippen molar-refractivity contribution < 1.29 is 9.47 Å². The van der Waals surface area contributed by atoms with E-state index in [-0.39, 0.29) is 6.04 Å². The molecule has 12 nitrogen and oxygen atoms in total. The number of aryl methyl sites for hydroxylation is 1. The van der Waals surface area contributed by atoms with Crippen molar-refractivity contribution >= 4 is 23.4 Å². The van der Waals surface area contributed by atoms with Gasteiger partial charge in [0.1, 0.15) is 23.8 Å². The molecule has 12 heteroatoms. The van der Waals surface area contributed by atoms with Gasteiger partial charge in [0.15, 0.2) is 5.82 Å². The van der Waals surface area contributed by atoms with Crippen LogP contribution in [0, 0.1) is 6.92 Å². The van der Waals surface area contributed by atoms with Crippen LogP contribution in [0.5, 0.6) is 5.88 Å². The molecule has 218 valence electrons. The van der Waals surface area contributed by atoms with Crippen molar-refractivity contribution in [3.63, 3.8) is 0 Å². The van der Waals surface area contributed by atoms with Crippen molar-refractivity contribution in [3.8, 4) is 17.3 Å². The van der Waals surface area contributed by atoms with Crippen LogP contribution >= 0.6 is 0 Å². The highest BCUT2D eigenvalue weighted by atomic mass is 16.5. The fourth-order valence-electron chi connectivity index (χ4n) is 5.15. The second kappa shape index (κ2) is 12.6. The largest absolute Gasteiger partial charge is 0.478 e. The van der Waals surface area contributed by atoms with Crippen molar-refractivity contribution in [2.45, 2.75) is 52.6 Å². The van der Waals surface area contributed by atoms with Gasteiger partial charge in [-0.1, -0.05) is 13.3 Å². The molecule has 42 heavy (non-hydrogen) atoms. The lowest BCUT2D eigenvalue weighted by Crippen LogP contribution is -2.45. The maximum absolute atomic E-state index is 5.73. The Morgan fingerprint density at radius 3 is 2.81 bits per heavy atom. The topological polar surface area (TPSA) is 127 Å². The number of hydrogen-bond donors (Lipinski definition) is 1. The van der Waals surface area contributed by atoms with E-state index in [2.05, 4.69) is 53.9 Å². The summed E-state index contributed by atoms with van der Waals surface area (Å²) < 4.78 is 11.4. The number of ether oxygens (including phenoxy) is 2. The van der Waals surface area contributed by atoms with Gasteiger partial charge in [-0.2, -0.15) is 4.98 Å². The van der Waals surface area contributed by atoms with Crippen molar-refractivity contribution in [1.29, 1.82) is 0 Å². The van der Waals surface area contributed by atoms with E-state index in [0.29, 0.717) is 49.8 Å². The van der Waals surface area contributed by atoms with E-state index in [0.717, 1.165) is 60.9 Å². The first-order chi connectivity index (χ1) is 20.6. The summed E-state index contributed by atoms with van der Waals surface area (Å²) in [6.45, 7) is 10.6. The molecule has 1 fully saturated rings. The summed E-state index contributed by atoms with van der Waals surface area (Å²) in [7, 11) is 0. The van der Waals surface area contributed by atoms with Crippen LogP contribution in [-0.4, -0.2) is 73.8 Å². The van der Waals surface area contributed by atoms with E-state index >= 15 is 0 Å². The number of nitrogens with one attached hydrogen (secondary N) is 1. The molecular formula is C30H36N10O2. The summed E-state index contributed by atoms with van der Waals surface area (Å²) in [5.74, 6) is 4.13. The quantitative estimate of drug-likeness (QED) is 0.292. The average Bonchev–Trinajstić information content (AvgIpc) is 3.01. The molecule has 0 amide bonds. The van der Waals surface area contributed by atoms with Gasteiger partial charge in [-0.15, -0.1) is 0 Å². The monoisotopic (exact) mass is 568 g/mol. The summed E-state index contributed by atoms with van der Waals surface area (Å²) in [6, 6.07) is 7.85. The molecule has 0 aromatic carbocycles. The number of fused-ring (bicyclic) bond motifs is 1. The summed E-state index contributed by atoms with van der Waals surface area (Å²) in [6.07, 6.45) is 7.95. The first kappa shape index (κ1) is 27.7. The fourth-order valence-corrected chi connectivity index (χ4v) is 5.15. The molecule has 0 saturated carbocycles. The van der Waals surface area contributed by atoms with Crippen LogP contribution in [0.4, 0.5) is 23.4 Å². The van der Waals surface area contributed by atoms with E-state index < -0.39 is 0 Å². The third kappa shape index (κ3) is 6.23. The molecule has 0 bridgehead atoms. The van der Waals surface area contributed by atoms with Gasteiger partial charge >= 0.3 is 0 Å². The minimum absolute atomic E-state index is 0.222. The molecule has 1 atom stereocenters.